The van der Waals surface area contributed by atoms with Gasteiger partial charge in [0.1, 0.15) is 5.52 Å². The molecule has 0 aliphatic carbocycles. The minimum absolute atomic E-state index is 0. The van der Waals surface area contributed by atoms with Crippen molar-refractivity contribution in [1.82, 2.24) is 14.8 Å². The van der Waals surface area contributed by atoms with E-state index in [2.05, 4.69) is 16.1 Å². The van der Waals surface area contributed by atoms with Gasteiger partial charge in [-0.2, -0.15) is 5.10 Å². The minimum atomic E-state index is 0. The molecule has 0 spiro atoms. The van der Waals surface area contributed by atoms with Crippen LogP contribution in [0.4, 0.5) is 0 Å². The number of rotatable bonds is 3. The van der Waals surface area contributed by atoms with Crippen molar-refractivity contribution in [2.24, 2.45) is 12.8 Å². The topological polar surface area (TPSA) is 76.7 Å². The van der Waals surface area contributed by atoms with Crippen LogP contribution < -0.4 is 11.2 Å². The van der Waals surface area contributed by atoms with Gasteiger partial charge in [-0.25, -0.2) is 0 Å². The molecule has 2 heterocycles. The Morgan fingerprint density at radius 2 is 1.88 bits per heavy atom. The van der Waals surface area contributed by atoms with Crippen LogP contribution in [0.3, 0.4) is 0 Å². The molecular weight excluding hydrogens is 336 g/mol. The van der Waals surface area contributed by atoms with Crippen LogP contribution in [0, 0.1) is 0 Å². The van der Waals surface area contributed by atoms with Crippen molar-refractivity contribution in [2.75, 3.05) is 0 Å². The molecule has 0 atom stereocenters. The van der Waals surface area contributed by atoms with E-state index in [4.69, 9.17) is 5.73 Å². The lowest BCUT2D eigenvalue weighted by Crippen LogP contribution is -2.08. The number of H-pyrrole nitrogens is 1. The first kappa shape index (κ1) is 17.2. The molecule has 6 heteroatoms. The number of fused-ring (bicyclic) bond motifs is 2. The van der Waals surface area contributed by atoms with Crippen molar-refractivity contribution < 1.29 is 0 Å². The largest absolute Gasteiger partial charge is 0.352 e. The van der Waals surface area contributed by atoms with Gasteiger partial charge in [0, 0.05) is 24.5 Å². The third-order valence-electron chi connectivity index (χ3n) is 4.48. The highest BCUT2D eigenvalue weighted by molar-refractivity contribution is 5.90. The van der Waals surface area contributed by atoms with E-state index >= 15 is 0 Å². The Hall–Kier alpha value is -2.63. The average molecular weight is 355 g/mol. The molecule has 0 aliphatic heterocycles. The lowest BCUT2D eigenvalue weighted by atomic mass is 9.98. The summed E-state index contributed by atoms with van der Waals surface area (Å²) >= 11 is 0. The van der Waals surface area contributed by atoms with Crippen LogP contribution in [0.5, 0.6) is 0 Å². The van der Waals surface area contributed by atoms with Crippen LogP contribution >= 0.6 is 12.4 Å². The fraction of sp³-hybridized carbons (Fsp3) is 0.158. The third-order valence-corrected chi connectivity index (χ3v) is 4.48. The number of aromatic amines is 1. The fourth-order valence-corrected chi connectivity index (χ4v) is 3.22. The number of hydrogen-bond acceptors (Lipinski definition) is 3. The number of nitrogens with two attached hydrogens (primary N) is 1. The number of hydrogen-bond donors (Lipinski definition) is 2. The normalized spacial score (nSPS) is 11.0. The molecule has 4 aromatic rings. The summed E-state index contributed by atoms with van der Waals surface area (Å²) in [6.45, 7) is 0.514. The molecule has 0 saturated carbocycles. The summed E-state index contributed by atoms with van der Waals surface area (Å²) in [6, 6.07) is 14.1. The first-order valence-electron chi connectivity index (χ1n) is 7.91. The van der Waals surface area contributed by atoms with Crippen molar-refractivity contribution in [3.05, 3.63) is 75.6 Å². The van der Waals surface area contributed by atoms with Crippen LogP contribution in [0.2, 0.25) is 0 Å². The summed E-state index contributed by atoms with van der Waals surface area (Å²) in [5.74, 6) is 0. The van der Waals surface area contributed by atoms with E-state index < -0.39 is 0 Å². The molecule has 0 fully saturated rings. The van der Waals surface area contributed by atoms with Gasteiger partial charge < -0.3 is 10.7 Å². The van der Waals surface area contributed by atoms with Gasteiger partial charge in [0.2, 0.25) is 5.43 Å². The van der Waals surface area contributed by atoms with Gasteiger partial charge in [0.15, 0.2) is 0 Å². The van der Waals surface area contributed by atoms with Gasteiger partial charge in [0.25, 0.3) is 0 Å². The monoisotopic (exact) mass is 354 g/mol. The van der Waals surface area contributed by atoms with Gasteiger partial charge in [0.05, 0.1) is 11.7 Å². The zero-order chi connectivity index (χ0) is 16.7. The van der Waals surface area contributed by atoms with E-state index in [0.29, 0.717) is 17.4 Å². The van der Waals surface area contributed by atoms with E-state index in [9.17, 15) is 4.79 Å². The van der Waals surface area contributed by atoms with Gasteiger partial charge >= 0.3 is 0 Å². The number of nitrogens with zero attached hydrogens (tertiary/aromatic N) is 2. The van der Waals surface area contributed by atoms with Crippen LogP contribution in [0.25, 0.3) is 21.9 Å². The molecule has 4 rings (SSSR count). The summed E-state index contributed by atoms with van der Waals surface area (Å²) in [4.78, 5) is 16.1. The lowest BCUT2D eigenvalue weighted by molar-refractivity contribution is 0.795. The smallest absolute Gasteiger partial charge is 0.215 e. The standard InChI is InChI=1S/C19H18N4O.ClH/c1-23-18-17(11-21-23)22-16-7-6-12(9-15(16)19(18)24)8-13-4-2-3-5-14(13)10-20;/h2-7,9,11H,8,10,20H2,1H3,(H,22,24);1H. The Morgan fingerprint density at radius 1 is 1.12 bits per heavy atom. The number of nitrogens with one attached hydrogen (secondary N) is 1. The highest BCUT2D eigenvalue weighted by atomic mass is 35.5. The fourth-order valence-electron chi connectivity index (χ4n) is 3.22. The van der Waals surface area contributed by atoms with Crippen LogP contribution in [-0.2, 0) is 20.0 Å². The van der Waals surface area contributed by atoms with E-state index in [1.807, 2.05) is 36.4 Å². The van der Waals surface area contributed by atoms with Crippen molar-refractivity contribution >= 4 is 34.3 Å². The highest BCUT2D eigenvalue weighted by Gasteiger charge is 2.10. The second-order valence-corrected chi connectivity index (χ2v) is 6.01. The summed E-state index contributed by atoms with van der Waals surface area (Å²) in [6.07, 6.45) is 2.44. The molecule has 0 bridgehead atoms. The Balaban J connectivity index is 0.00000182. The Morgan fingerprint density at radius 3 is 2.64 bits per heavy atom. The summed E-state index contributed by atoms with van der Waals surface area (Å²) in [5, 5.41) is 4.85. The maximum atomic E-state index is 12.8. The molecule has 0 unspecified atom stereocenters. The molecule has 25 heavy (non-hydrogen) atoms. The van der Waals surface area contributed by atoms with Crippen molar-refractivity contribution in [3.63, 3.8) is 0 Å². The van der Waals surface area contributed by atoms with E-state index in [0.717, 1.165) is 28.6 Å². The minimum Gasteiger partial charge on any atom is -0.352 e. The number of aryl methyl sites for hydroxylation is 1. The predicted octanol–water partition coefficient (Wildman–Crippen LogP) is 2.89. The summed E-state index contributed by atoms with van der Waals surface area (Å²) in [7, 11) is 1.78. The molecule has 5 nitrogen and oxygen atoms in total. The predicted molar refractivity (Wildman–Crippen MR) is 103 cm³/mol. The molecule has 0 saturated heterocycles. The zero-order valence-corrected chi connectivity index (χ0v) is 14.6. The summed E-state index contributed by atoms with van der Waals surface area (Å²) < 4.78 is 1.62. The molecule has 3 N–H and O–H groups in total. The SMILES string of the molecule is Cl.Cn1ncc2[nH]c3ccc(Cc4ccccc4CN)cc3c(=O)c21. The Kier molecular flexibility index (Phi) is 4.61. The first-order chi connectivity index (χ1) is 11.7. The molecular formula is C19H19ClN4O. The number of benzene rings is 2. The highest BCUT2D eigenvalue weighted by Crippen LogP contribution is 2.19. The van der Waals surface area contributed by atoms with Crippen molar-refractivity contribution in [1.29, 1.82) is 0 Å². The molecule has 0 radical (unpaired) electrons. The van der Waals surface area contributed by atoms with E-state index in [1.165, 1.54) is 5.56 Å². The van der Waals surface area contributed by atoms with Gasteiger partial charge in [-0.1, -0.05) is 30.3 Å². The van der Waals surface area contributed by atoms with Gasteiger partial charge in [-0.3, -0.25) is 9.48 Å². The second kappa shape index (κ2) is 6.70. The Bertz CT molecular complexity index is 1110. The maximum Gasteiger partial charge on any atom is 0.215 e. The quantitative estimate of drug-likeness (QED) is 0.594. The number of pyridine rings is 1. The molecule has 2 aromatic carbocycles. The molecule has 2 aromatic heterocycles. The van der Waals surface area contributed by atoms with Gasteiger partial charge in [-0.15, -0.1) is 12.4 Å². The number of aromatic nitrogens is 3. The van der Waals surface area contributed by atoms with Crippen molar-refractivity contribution in [2.45, 2.75) is 13.0 Å². The van der Waals surface area contributed by atoms with Crippen molar-refractivity contribution in [3.8, 4) is 0 Å². The molecule has 0 amide bonds. The Labute approximate surface area is 150 Å². The molecule has 128 valence electrons. The van der Waals surface area contributed by atoms with Gasteiger partial charge in [-0.05, 0) is 35.2 Å². The zero-order valence-electron chi connectivity index (χ0n) is 13.8. The van der Waals surface area contributed by atoms with E-state index in [-0.39, 0.29) is 17.8 Å². The van der Waals surface area contributed by atoms with Crippen LogP contribution in [-0.4, -0.2) is 14.8 Å². The number of halogens is 1. The average Bonchev–Trinajstić information content (AvgIpc) is 2.97. The maximum absolute atomic E-state index is 12.8. The third kappa shape index (κ3) is 2.92. The summed E-state index contributed by atoms with van der Waals surface area (Å²) in [5.41, 5.74) is 11.4. The lowest BCUT2D eigenvalue weighted by Gasteiger charge is -2.09. The first-order valence-corrected chi connectivity index (χ1v) is 7.91. The van der Waals surface area contributed by atoms with Crippen LogP contribution in [0.15, 0.2) is 53.5 Å². The second-order valence-electron chi connectivity index (χ2n) is 6.01. The van der Waals surface area contributed by atoms with E-state index in [1.54, 1.807) is 17.9 Å². The molecule has 0 aliphatic rings. The van der Waals surface area contributed by atoms with Crippen LogP contribution in [0.1, 0.15) is 16.7 Å².